The summed E-state index contributed by atoms with van der Waals surface area (Å²) in [4.78, 5) is 8.30. The minimum Gasteiger partial charge on any atom is -0.497 e. The van der Waals surface area contributed by atoms with Crippen molar-refractivity contribution in [3.05, 3.63) is 24.5 Å². The van der Waals surface area contributed by atoms with Gasteiger partial charge in [0.2, 0.25) is 5.88 Å². The number of hydrogen-bond donors (Lipinski definition) is 0. The van der Waals surface area contributed by atoms with Crippen molar-refractivity contribution < 1.29 is 9.47 Å². The van der Waals surface area contributed by atoms with E-state index in [4.69, 9.17) is 21.1 Å². The van der Waals surface area contributed by atoms with Crippen molar-refractivity contribution in [1.29, 1.82) is 0 Å². The number of rotatable bonds is 5. The Bertz CT molecular complexity index is 505. The third-order valence-electron chi connectivity index (χ3n) is 2.32. The number of fused-ring (bicyclic) bond motifs is 1. The first kappa shape index (κ1) is 11.9. The molecule has 0 aliphatic carbocycles. The zero-order chi connectivity index (χ0) is 12.1. The Labute approximate surface area is 105 Å². The Morgan fingerprint density at radius 3 is 2.94 bits per heavy atom. The van der Waals surface area contributed by atoms with Crippen LogP contribution in [0.5, 0.6) is 11.6 Å². The second-order valence-electron chi connectivity index (χ2n) is 3.45. The summed E-state index contributed by atoms with van der Waals surface area (Å²) in [5, 5.41) is 0.878. The lowest BCUT2D eigenvalue weighted by Gasteiger charge is -2.07. The maximum Gasteiger partial charge on any atom is 0.224 e. The Hall–Kier alpha value is -1.55. The van der Waals surface area contributed by atoms with Crippen LogP contribution in [0.4, 0.5) is 0 Å². The molecule has 0 N–H and O–H groups in total. The molecule has 2 rings (SSSR count). The summed E-state index contributed by atoms with van der Waals surface area (Å²) in [6.45, 7) is 0.557. The number of ether oxygens (including phenoxy) is 2. The largest absolute Gasteiger partial charge is 0.497 e. The number of aromatic nitrogens is 2. The SMILES string of the molecule is COc1ccc2c(OCCCCl)ncnc2c1. The normalized spacial score (nSPS) is 10.5. The lowest BCUT2D eigenvalue weighted by molar-refractivity contribution is 0.310. The molecule has 1 heterocycles. The molecule has 90 valence electrons. The summed E-state index contributed by atoms with van der Waals surface area (Å²) in [6, 6.07) is 5.61. The summed E-state index contributed by atoms with van der Waals surface area (Å²) in [5.74, 6) is 1.93. The maximum absolute atomic E-state index is 5.60. The molecule has 0 bridgehead atoms. The van der Waals surface area contributed by atoms with Gasteiger partial charge in [-0.15, -0.1) is 11.6 Å². The number of alkyl halides is 1. The Morgan fingerprint density at radius 1 is 1.29 bits per heavy atom. The highest BCUT2D eigenvalue weighted by Crippen LogP contribution is 2.25. The summed E-state index contributed by atoms with van der Waals surface area (Å²) in [7, 11) is 1.63. The van der Waals surface area contributed by atoms with Gasteiger partial charge < -0.3 is 9.47 Å². The van der Waals surface area contributed by atoms with Crippen molar-refractivity contribution in [2.75, 3.05) is 19.6 Å². The predicted octanol–water partition coefficient (Wildman–Crippen LogP) is 2.65. The monoisotopic (exact) mass is 252 g/mol. The standard InChI is InChI=1S/C12H13ClN2O2/c1-16-9-3-4-10-11(7-9)14-8-15-12(10)17-6-2-5-13/h3-4,7-8H,2,5-6H2,1H3. The van der Waals surface area contributed by atoms with Gasteiger partial charge in [0.25, 0.3) is 0 Å². The van der Waals surface area contributed by atoms with Crippen LogP contribution in [-0.4, -0.2) is 29.6 Å². The molecule has 5 heteroatoms. The first-order chi connectivity index (χ1) is 8.35. The minimum absolute atomic E-state index is 0.557. The lowest BCUT2D eigenvalue weighted by Crippen LogP contribution is -2.00. The molecule has 1 aromatic heterocycles. The molecule has 0 unspecified atom stereocenters. The number of halogens is 1. The van der Waals surface area contributed by atoms with Gasteiger partial charge in [0.1, 0.15) is 12.1 Å². The second kappa shape index (κ2) is 5.68. The fourth-order valence-corrected chi connectivity index (χ4v) is 1.59. The average molecular weight is 253 g/mol. The molecule has 0 aliphatic heterocycles. The van der Waals surface area contributed by atoms with Gasteiger partial charge in [0.05, 0.1) is 24.6 Å². The minimum atomic E-state index is 0.557. The van der Waals surface area contributed by atoms with E-state index < -0.39 is 0 Å². The van der Waals surface area contributed by atoms with Crippen molar-refractivity contribution in [2.24, 2.45) is 0 Å². The van der Waals surface area contributed by atoms with Crippen LogP contribution in [-0.2, 0) is 0 Å². The van der Waals surface area contributed by atoms with Crippen LogP contribution in [0.1, 0.15) is 6.42 Å². The summed E-state index contributed by atoms with van der Waals surface area (Å²) >= 11 is 5.60. The van der Waals surface area contributed by atoms with Crippen LogP contribution in [0.2, 0.25) is 0 Å². The number of benzene rings is 1. The molecule has 1 aromatic carbocycles. The van der Waals surface area contributed by atoms with E-state index in [-0.39, 0.29) is 0 Å². The van der Waals surface area contributed by atoms with Gasteiger partial charge in [-0.1, -0.05) is 0 Å². The Balaban J connectivity index is 2.30. The predicted molar refractivity (Wildman–Crippen MR) is 66.9 cm³/mol. The summed E-state index contributed by atoms with van der Waals surface area (Å²) in [6.07, 6.45) is 2.28. The highest BCUT2D eigenvalue weighted by atomic mass is 35.5. The number of methoxy groups -OCH3 is 1. The van der Waals surface area contributed by atoms with E-state index in [1.54, 1.807) is 7.11 Å². The van der Waals surface area contributed by atoms with Gasteiger partial charge in [-0.05, 0) is 18.6 Å². The first-order valence-electron chi connectivity index (χ1n) is 5.32. The molecule has 0 spiro atoms. The van der Waals surface area contributed by atoms with Crippen LogP contribution >= 0.6 is 11.6 Å². The Kier molecular flexibility index (Phi) is 3.98. The van der Waals surface area contributed by atoms with Crippen molar-refractivity contribution in [2.45, 2.75) is 6.42 Å². The van der Waals surface area contributed by atoms with Gasteiger partial charge in [0, 0.05) is 11.9 Å². The molecule has 0 saturated heterocycles. The molecule has 17 heavy (non-hydrogen) atoms. The molecule has 0 saturated carbocycles. The fourth-order valence-electron chi connectivity index (χ4n) is 1.48. The molecule has 0 amide bonds. The molecular weight excluding hydrogens is 240 g/mol. The molecule has 4 nitrogen and oxygen atoms in total. The van der Waals surface area contributed by atoms with Crippen LogP contribution < -0.4 is 9.47 Å². The molecule has 2 aromatic rings. The topological polar surface area (TPSA) is 44.2 Å². The molecule has 0 fully saturated rings. The maximum atomic E-state index is 5.60. The number of nitrogens with zero attached hydrogens (tertiary/aromatic N) is 2. The third kappa shape index (κ3) is 2.77. The first-order valence-corrected chi connectivity index (χ1v) is 5.86. The van der Waals surface area contributed by atoms with E-state index in [9.17, 15) is 0 Å². The van der Waals surface area contributed by atoms with Crippen LogP contribution in [0, 0.1) is 0 Å². The highest BCUT2D eigenvalue weighted by Gasteiger charge is 2.05. The van der Waals surface area contributed by atoms with Crippen molar-refractivity contribution in [3.8, 4) is 11.6 Å². The Morgan fingerprint density at radius 2 is 2.18 bits per heavy atom. The molecule has 0 radical (unpaired) electrons. The number of hydrogen-bond acceptors (Lipinski definition) is 4. The van der Waals surface area contributed by atoms with E-state index in [2.05, 4.69) is 9.97 Å². The van der Waals surface area contributed by atoms with Gasteiger partial charge in [-0.3, -0.25) is 0 Å². The highest BCUT2D eigenvalue weighted by molar-refractivity contribution is 6.17. The zero-order valence-electron chi connectivity index (χ0n) is 9.52. The zero-order valence-corrected chi connectivity index (χ0v) is 10.3. The van der Waals surface area contributed by atoms with Gasteiger partial charge >= 0.3 is 0 Å². The van der Waals surface area contributed by atoms with Crippen LogP contribution in [0.15, 0.2) is 24.5 Å². The lowest BCUT2D eigenvalue weighted by atomic mass is 10.2. The van der Waals surface area contributed by atoms with Crippen LogP contribution in [0.25, 0.3) is 10.9 Å². The van der Waals surface area contributed by atoms with E-state index >= 15 is 0 Å². The van der Waals surface area contributed by atoms with Crippen molar-refractivity contribution in [1.82, 2.24) is 9.97 Å². The molecular formula is C12H13ClN2O2. The average Bonchev–Trinajstić information content (AvgIpc) is 2.38. The quantitative estimate of drug-likeness (QED) is 0.606. The fraction of sp³-hybridized carbons (Fsp3) is 0.333. The molecule has 0 aliphatic rings. The van der Waals surface area contributed by atoms with Gasteiger partial charge in [-0.2, -0.15) is 0 Å². The van der Waals surface area contributed by atoms with E-state index in [0.29, 0.717) is 18.4 Å². The smallest absolute Gasteiger partial charge is 0.224 e. The summed E-state index contributed by atoms with van der Waals surface area (Å²) in [5.41, 5.74) is 0.806. The van der Waals surface area contributed by atoms with Gasteiger partial charge in [0.15, 0.2) is 0 Å². The third-order valence-corrected chi connectivity index (χ3v) is 2.59. The molecule has 0 atom stereocenters. The van der Waals surface area contributed by atoms with Gasteiger partial charge in [-0.25, -0.2) is 9.97 Å². The van der Waals surface area contributed by atoms with E-state index in [0.717, 1.165) is 23.1 Å². The van der Waals surface area contributed by atoms with Crippen LogP contribution in [0.3, 0.4) is 0 Å². The summed E-state index contributed by atoms with van der Waals surface area (Å²) < 4.78 is 10.7. The van der Waals surface area contributed by atoms with Crippen molar-refractivity contribution in [3.63, 3.8) is 0 Å². The second-order valence-corrected chi connectivity index (χ2v) is 3.83. The van der Waals surface area contributed by atoms with Crippen molar-refractivity contribution >= 4 is 22.5 Å². The van der Waals surface area contributed by atoms with E-state index in [1.807, 2.05) is 18.2 Å². The van der Waals surface area contributed by atoms with E-state index in [1.165, 1.54) is 6.33 Å².